The van der Waals surface area contributed by atoms with Crippen LogP contribution in [0.5, 0.6) is 0 Å². The van der Waals surface area contributed by atoms with Crippen LogP contribution in [0.25, 0.3) is 0 Å². The lowest BCUT2D eigenvalue weighted by Gasteiger charge is -2.43. The normalized spacial score (nSPS) is 14.8. The third kappa shape index (κ3) is 4.16. The van der Waals surface area contributed by atoms with Gasteiger partial charge in [0.2, 0.25) is 0 Å². The van der Waals surface area contributed by atoms with Crippen LogP contribution in [0.1, 0.15) is 74.9 Å². The molecule has 0 bridgehead atoms. The molecule has 0 atom stereocenters. The van der Waals surface area contributed by atoms with Gasteiger partial charge in [0.15, 0.2) is 8.07 Å². The fraction of sp³-hybridized carbons (Fsp3) is 0.371. The second-order valence-electron chi connectivity index (χ2n) is 11.2. The second-order valence-corrected chi connectivity index (χ2v) is 15.1. The van der Waals surface area contributed by atoms with Gasteiger partial charge >= 0.3 is 0 Å². The highest BCUT2D eigenvalue weighted by Gasteiger charge is 2.51. The second kappa shape index (κ2) is 10.0. The van der Waals surface area contributed by atoms with Gasteiger partial charge in [-0.1, -0.05) is 102 Å². The standard InChI is InChI=1S/C35H44Si/c1-11-30-19-31(12-2)21-32(20-30)36(33-15-13-22(3)17-24(33)5,34-16-14-23(4)18-25(34)6)35-28(9)26(7)27(8)29(35)10/h13-21,35H,11-12H2,1-10H3. The molecule has 0 amide bonds. The average molecular weight is 493 g/mol. The predicted octanol–water partition coefficient (Wildman–Crippen LogP) is 7.57. The van der Waals surface area contributed by atoms with Gasteiger partial charge in [0.1, 0.15) is 0 Å². The zero-order valence-corrected chi connectivity index (χ0v) is 25.2. The maximum Gasteiger partial charge on any atom is 0.159 e. The Bertz CT molecular complexity index is 1280. The minimum atomic E-state index is -2.55. The van der Waals surface area contributed by atoms with E-state index in [9.17, 15) is 0 Å². The van der Waals surface area contributed by atoms with E-state index < -0.39 is 8.07 Å². The molecule has 0 aromatic heterocycles. The molecule has 0 fully saturated rings. The molecule has 0 saturated heterocycles. The van der Waals surface area contributed by atoms with Crippen LogP contribution in [0.3, 0.4) is 0 Å². The first-order chi connectivity index (χ1) is 17.1. The Morgan fingerprint density at radius 2 is 0.972 bits per heavy atom. The molecule has 4 rings (SSSR count). The first-order valence-corrected chi connectivity index (χ1v) is 15.8. The summed E-state index contributed by atoms with van der Waals surface area (Å²) in [6, 6.07) is 22.1. The number of benzene rings is 3. The molecule has 1 heteroatoms. The minimum Gasteiger partial charge on any atom is -0.0647 e. The number of allylic oxidation sites excluding steroid dienone is 4. The molecule has 0 spiro atoms. The molecule has 0 heterocycles. The molecule has 0 unspecified atom stereocenters. The van der Waals surface area contributed by atoms with E-state index in [4.69, 9.17) is 0 Å². The van der Waals surface area contributed by atoms with Gasteiger partial charge in [-0.3, -0.25) is 0 Å². The number of rotatable bonds is 6. The van der Waals surface area contributed by atoms with Gasteiger partial charge < -0.3 is 0 Å². The lowest BCUT2D eigenvalue weighted by Crippen LogP contribution is -2.71. The Morgan fingerprint density at radius 1 is 0.556 bits per heavy atom. The zero-order chi connectivity index (χ0) is 26.4. The van der Waals surface area contributed by atoms with Crippen LogP contribution in [0.15, 0.2) is 76.9 Å². The third-order valence-electron chi connectivity index (χ3n) is 8.98. The lowest BCUT2D eigenvalue weighted by molar-refractivity contribution is 1.07. The zero-order valence-electron chi connectivity index (χ0n) is 24.2. The maximum absolute atomic E-state index is 2.58. The monoisotopic (exact) mass is 492 g/mol. The highest BCUT2D eigenvalue weighted by molar-refractivity contribution is 7.13. The summed E-state index contributed by atoms with van der Waals surface area (Å²) in [5.74, 6) is 0. The van der Waals surface area contributed by atoms with Crippen LogP contribution in [-0.4, -0.2) is 8.07 Å². The fourth-order valence-corrected chi connectivity index (χ4v) is 13.3. The molecule has 188 valence electrons. The van der Waals surface area contributed by atoms with Crippen molar-refractivity contribution in [3.8, 4) is 0 Å². The van der Waals surface area contributed by atoms with Crippen molar-refractivity contribution in [2.24, 2.45) is 0 Å². The molecule has 0 aliphatic heterocycles. The summed E-state index contributed by atoms with van der Waals surface area (Å²) in [6.45, 7) is 23.3. The summed E-state index contributed by atoms with van der Waals surface area (Å²) < 4.78 is 0. The Hall–Kier alpha value is -2.64. The van der Waals surface area contributed by atoms with Crippen molar-refractivity contribution < 1.29 is 0 Å². The van der Waals surface area contributed by atoms with E-state index in [-0.39, 0.29) is 0 Å². The largest absolute Gasteiger partial charge is 0.159 e. The molecule has 0 saturated carbocycles. The van der Waals surface area contributed by atoms with Crippen molar-refractivity contribution >= 4 is 23.6 Å². The van der Waals surface area contributed by atoms with E-state index in [0.29, 0.717) is 5.54 Å². The molecule has 0 N–H and O–H groups in total. The summed E-state index contributed by atoms with van der Waals surface area (Å²) in [6.07, 6.45) is 2.13. The van der Waals surface area contributed by atoms with E-state index in [1.165, 1.54) is 44.5 Å². The molecular formula is C35H44Si. The molecule has 1 aliphatic carbocycles. The summed E-state index contributed by atoms with van der Waals surface area (Å²) in [7, 11) is -2.55. The van der Waals surface area contributed by atoms with Crippen LogP contribution in [0, 0.1) is 27.7 Å². The SMILES string of the molecule is CCc1cc(CC)cc([Si](c2ccc(C)cc2C)(c2ccc(C)cc2C)C2C(C)=C(C)C(C)=C2C)c1. The van der Waals surface area contributed by atoms with Gasteiger partial charge in [-0.15, -0.1) is 0 Å². The molecule has 0 radical (unpaired) electrons. The lowest BCUT2D eigenvalue weighted by atomic mass is 10.1. The van der Waals surface area contributed by atoms with Crippen molar-refractivity contribution in [2.75, 3.05) is 0 Å². The Labute approximate surface area is 221 Å². The first-order valence-electron chi connectivity index (χ1n) is 13.7. The Balaban J connectivity index is 2.29. The number of hydrogen-bond acceptors (Lipinski definition) is 0. The minimum absolute atomic E-state index is 0.414. The summed E-state index contributed by atoms with van der Waals surface area (Å²) in [4.78, 5) is 0. The van der Waals surface area contributed by atoms with Crippen LogP contribution in [-0.2, 0) is 12.8 Å². The smallest absolute Gasteiger partial charge is 0.0647 e. The van der Waals surface area contributed by atoms with Crippen molar-refractivity contribution in [1.29, 1.82) is 0 Å². The highest BCUT2D eigenvalue weighted by atomic mass is 28.3. The molecule has 3 aromatic rings. The van der Waals surface area contributed by atoms with E-state index in [1.807, 2.05) is 0 Å². The molecular weight excluding hydrogens is 448 g/mol. The van der Waals surface area contributed by atoms with Gasteiger partial charge in [0, 0.05) is 5.54 Å². The van der Waals surface area contributed by atoms with Crippen molar-refractivity contribution in [2.45, 2.75) is 87.6 Å². The van der Waals surface area contributed by atoms with E-state index >= 15 is 0 Å². The van der Waals surface area contributed by atoms with Crippen molar-refractivity contribution in [1.82, 2.24) is 0 Å². The Kier molecular flexibility index (Phi) is 7.35. The van der Waals surface area contributed by atoms with Crippen LogP contribution >= 0.6 is 0 Å². The van der Waals surface area contributed by atoms with Crippen LogP contribution in [0.2, 0.25) is 5.54 Å². The van der Waals surface area contributed by atoms with Gasteiger partial charge in [-0.2, -0.15) is 0 Å². The maximum atomic E-state index is 2.58. The summed E-state index contributed by atoms with van der Waals surface area (Å²) in [5.41, 5.74) is 15.0. The fourth-order valence-electron chi connectivity index (χ4n) is 6.84. The third-order valence-corrected chi connectivity index (χ3v) is 14.7. The highest BCUT2D eigenvalue weighted by Crippen LogP contribution is 2.47. The molecule has 0 nitrogen and oxygen atoms in total. The van der Waals surface area contributed by atoms with Crippen LogP contribution in [0.4, 0.5) is 0 Å². The summed E-state index contributed by atoms with van der Waals surface area (Å²) >= 11 is 0. The van der Waals surface area contributed by atoms with Gasteiger partial charge in [0.05, 0.1) is 0 Å². The van der Waals surface area contributed by atoms with Gasteiger partial charge in [0.25, 0.3) is 0 Å². The van der Waals surface area contributed by atoms with E-state index in [2.05, 4.69) is 124 Å². The van der Waals surface area contributed by atoms with Crippen LogP contribution < -0.4 is 15.6 Å². The topological polar surface area (TPSA) is 0 Å². The quantitative estimate of drug-likeness (QED) is 0.246. The van der Waals surface area contributed by atoms with E-state index in [1.54, 1.807) is 26.7 Å². The molecule has 36 heavy (non-hydrogen) atoms. The van der Waals surface area contributed by atoms with E-state index in [0.717, 1.165) is 12.8 Å². The average Bonchev–Trinajstić information content (AvgIpc) is 3.04. The molecule has 1 aliphatic rings. The van der Waals surface area contributed by atoms with Crippen molar-refractivity contribution in [3.05, 3.63) is 110 Å². The predicted molar refractivity (Wildman–Crippen MR) is 162 cm³/mol. The first kappa shape index (κ1) is 26.4. The number of aryl methyl sites for hydroxylation is 6. The van der Waals surface area contributed by atoms with Gasteiger partial charge in [-0.25, -0.2) is 0 Å². The van der Waals surface area contributed by atoms with Crippen molar-refractivity contribution in [3.63, 3.8) is 0 Å². The number of hydrogen-bond donors (Lipinski definition) is 0. The summed E-state index contributed by atoms with van der Waals surface area (Å²) in [5, 5.41) is 4.71. The van der Waals surface area contributed by atoms with Gasteiger partial charge in [-0.05, 0) is 106 Å². The molecule has 3 aromatic carbocycles. The Morgan fingerprint density at radius 3 is 1.33 bits per heavy atom.